The van der Waals surface area contributed by atoms with E-state index in [1.807, 2.05) is 73.6 Å². The number of hydrogen-bond acceptors (Lipinski definition) is 5. The first-order chi connectivity index (χ1) is 16.6. The first-order valence-electron chi connectivity index (χ1n) is 11.9. The van der Waals surface area contributed by atoms with Crippen molar-refractivity contribution in [3.05, 3.63) is 65.7 Å². The molecule has 0 saturated carbocycles. The van der Waals surface area contributed by atoms with Gasteiger partial charge in [-0.15, -0.1) is 0 Å². The Kier molecular flexibility index (Phi) is 7.19. The maximum absolute atomic E-state index is 13.6. The first kappa shape index (κ1) is 25.2. The van der Waals surface area contributed by atoms with Gasteiger partial charge in [0.15, 0.2) is 0 Å². The van der Waals surface area contributed by atoms with Crippen LogP contribution in [0.1, 0.15) is 24.0 Å². The number of benzene rings is 2. The molecule has 4 rings (SSSR count). The summed E-state index contributed by atoms with van der Waals surface area (Å²) in [6.45, 7) is 1.64. The van der Waals surface area contributed by atoms with E-state index in [9.17, 15) is 18.0 Å². The molecule has 1 fully saturated rings. The number of amides is 2. The standard InChI is InChI=1S/C26H34N4O4S/c1-28(2)18-24(31)27-22(17-20-9-5-4-6-10-20)25(32)29-15-13-26(14-16-29)19-30(35(3,33)34)23-12-8-7-11-21(23)26/h4-12,22H,13-19H2,1-3H3,(H,27,31)/t22-/m0/s1. The number of fused-ring (bicyclic) bond motifs is 2. The van der Waals surface area contributed by atoms with E-state index in [0.29, 0.717) is 38.9 Å². The number of rotatable bonds is 7. The minimum Gasteiger partial charge on any atom is -0.343 e. The Morgan fingerprint density at radius 3 is 2.29 bits per heavy atom. The Morgan fingerprint density at radius 1 is 1.03 bits per heavy atom. The lowest BCUT2D eigenvalue weighted by Gasteiger charge is -2.41. The van der Waals surface area contributed by atoms with Crippen LogP contribution in [0, 0.1) is 0 Å². The SMILES string of the molecule is CN(C)CC(=O)N[C@@H](Cc1ccccc1)C(=O)N1CCC2(CC1)CN(S(C)(=O)=O)c1ccccc12. The summed E-state index contributed by atoms with van der Waals surface area (Å²) >= 11 is 0. The Hall–Kier alpha value is -2.91. The summed E-state index contributed by atoms with van der Waals surface area (Å²) in [5.74, 6) is -0.284. The molecule has 188 valence electrons. The first-order valence-corrected chi connectivity index (χ1v) is 13.8. The van der Waals surface area contributed by atoms with Crippen LogP contribution in [0.15, 0.2) is 54.6 Å². The molecule has 1 spiro atoms. The molecule has 1 saturated heterocycles. The van der Waals surface area contributed by atoms with Gasteiger partial charge in [0.25, 0.3) is 0 Å². The summed E-state index contributed by atoms with van der Waals surface area (Å²) in [6, 6.07) is 16.7. The molecular weight excluding hydrogens is 464 g/mol. The van der Waals surface area contributed by atoms with Crippen molar-refractivity contribution in [2.45, 2.75) is 30.7 Å². The zero-order chi connectivity index (χ0) is 25.2. The Bertz CT molecular complexity index is 1170. The highest BCUT2D eigenvalue weighted by atomic mass is 32.2. The lowest BCUT2D eigenvalue weighted by atomic mass is 9.74. The molecule has 2 aliphatic heterocycles. The van der Waals surface area contributed by atoms with Crippen molar-refractivity contribution >= 4 is 27.5 Å². The predicted molar refractivity (Wildman–Crippen MR) is 137 cm³/mol. The number of nitrogens with zero attached hydrogens (tertiary/aromatic N) is 3. The van der Waals surface area contributed by atoms with Crippen LogP contribution < -0.4 is 9.62 Å². The van der Waals surface area contributed by atoms with Crippen molar-refractivity contribution in [2.75, 3.05) is 50.8 Å². The summed E-state index contributed by atoms with van der Waals surface area (Å²) in [4.78, 5) is 29.7. The predicted octanol–water partition coefficient (Wildman–Crippen LogP) is 1.62. The van der Waals surface area contributed by atoms with Gasteiger partial charge in [0, 0.05) is 31.5 Å². The minimum absolute atomic E-state index is 0.0953. The summed E-state index contributed by atoms with van der Waals surface area (Å²) in [5.41, 5.74) is 2.46. The summed E-state index contributed by atoms with van der Waals surface area (Å²) in [5, 5.41) is 2.94. The summed E-state index contributed by atoms with van der Waals surface area (Å²) in [7, 11) is 0.241. The van der Waals surface area contributed by atoms with Crippen LogP contribution in [0.2, 0.25) is 0 Å². The molecule has 0 radical (unpaired) electrons. The number of sulfonamides is 1. The van der Waals surface area contributed by atoms with Gasteiger partial charge in [-0.1, -0.05) is 48.5 Å². The molecular formula is C26H34N4O4S. The molecule has 0 aliphatic carbocycles. The van der Waals surface area contributed by atoms with E-state index < -0.39 is 16.1 Å². The van der Waals surface area contributed by atoms with Crippen LogP contribution in [0.25, 0.3) is 0 Å². The molecule has 2 heterocycles. The normalized spacial score (nSPS) is 17.9. The second-order valence-electron chi connectivity index (χ2n) is 9.94. The fourth-order valence-electron chi connectivity index (χ4n) is 5.26. The van der Waals surface area contributed by atoms with Gasteiger partial charge in [0.1, 0.15) is 6.04 Å². The molecule has 0 aromatic heterocycles. The van der Waals surface area contributed by atoms with E-state index >= 15 is 0 Å². The topological polar surface area (TPSA) is 90.0 Å². The van der Waals surface area contributed by atoms with Gasteiger partial charge in [0.05, 0.1) is 18.5 Å². The lowest BCUT2D eigenvalue weighted by Crippen LogP contribution is -2.55. The monoisotopic (exact) mass is 498 g/mol. The number of nitrogens with one attached hydrogen (secondary N) is 1. The largest absolute Gasteiger partial charge is 0.343 e. The van der Waals surface area contributed by atoms with Crippen LogP contribution in [0.4, 0.5) is 5.69 Å². The Morgan fingerprint density at radius 2 is 1.66 bits per heavy atom. The number of carbonyl (C=O) groups is 2. The maximum Gasteiger partial charge on any atom is 0.245 e. The zero-order valence-corrected chi connectivity index (χ0v) is 21.4. The van der Waals surface area contributed by atoms with Crippen molar-refractivity contribution in [3.63, 3.8) is 0 Å². The highest BCUT2D eigenvalue weighted by Crippen LogP contribution is 2.47. The van der Waals surface area contributed by atoms with Gasteiger partial charge < -0.3 is 15.1 Å². The van der Waals surface area contributed by atoms with Crippen LogP contribution in [-0.4, -0.2) is 82.6 Å². The third kappa shape index (κ3) is 5.51. The third-order valence-electron chi connectivity index (χ3n) is 7.00. The number of likely N-dealkylation sites (N-methyl/N-ethyl adjacent to an activating group) is 1. The average molecular weight is 499 g/mol. The van der Waals surface area contributed by atoms with Gasteiger partial charge in [-0.05, 0) is 44.1 Å². The van der Waals surface area contributed by atoms with E-state index in [0.717, 1.165) is 16.8 Å². The fourth-order valence-corrected chi connectivity index (χ4v) is 6.26. The van der Waals surface area contributed by atoms with Crippen LogP contribution in [0.5, 0.6) is 0 Å². The van der Waals surface area contributed by atoms with Gasteiger partial charge in [-0.2, -0.15) is 0 Å². The second-order valence-corrected chi connectivity index (χ2v) is 11.8. The van der Waals surface area contributed by atoms with Gasteiger partial charge in [0.2, 0.25) is 21.8 Å². The van der Waals surface area contributed by atoms with E-state index in [1.54, 1.807) is 4.90 Å². The number of carbonyl (C=O) groups excluding carboxylic acids is 2. The number of hydrogen-bond donors (Lipinski definition) is 1. The van der Waals surface area contributed by atoms with E-state index in [-0.39, 0.29) is 23.8 Å². The Balaban J connectivity index is 1.50. The number of para-hydroxylation sites is 1. The number of anilines is 1. The fraction of sp³-hybridized carbons (Fsp3) is 0.462. The number of piperidine rings is 1. The van der Waals surface area contributed by atoms with Gasteiger partial charge >= 0.3 is 0 Å². The van der Waals surface area contributed by atoms with Crippen molar-refractivity contribution in [2.24, 2.45) is 0 Å². The molecule has 35 heavy (non-hydrogen) atoms. The lowest BCUT2D eigenvalue weighted by molar-refractivity contribution is -0.138. The van der Waals surface area contributed by atoms with Crippen LogP contribution in [0.3, 0.4) is 0 Å². The van der Waals surface area contributed by atoms with E-state index in [1.165, 1.54) is 10.6 Å². The van der Waals surface area contributed by atoms with E-state index in [4.69, 9.17) is 0 Å². The molecule has 1 atom stereocenters. The van der Waals surface area contributed by atoms with Crippen LogP contribution in [-0.2, 0) is 31.4 Å². The van der Waals surface area contributed by atoms with Crippen LogP contribution >= 0.6 is 0 Å². The second kappa shape index (κ2) is 9.99. The Labute approximate surface area is 207 Å². The smallest absolute Gasteiger partial charge is 0.245 e. The molecule has 2 amide bonds. The summed E-state index contributed by atoms with van der Waals surface area (Å²) in [6.07, 6.45) is 3.01. The quantitative estimate of drug-likeness (QED) is 0.627. The van der Waals surface area contributed by atoms with Gasteiger partial charge in [-0.25, -0.2) is 8.42 Å². The maximum atomic E-state index is 13.6. The molecule has 2 aromatic carbocycles. The third-order valence-corrected chi connectivity index (χ3v) is 8.13. The zero-order valence-electron chi connectivity index (χ0n) is 20.6. The molecule has 2 aliphatic rings. The van der Waals surface area contributed by atoms with Crippen molar-refractivity contribution in [1.29, 1.82) is 0 Å². The highest BCUT2D eigenvalue weighted by Gasteiger charge is 2.47. The molecule has 8 nitrogen and oxygen atoms in total. The highest BCUT2D eigenvalue weighted by molar-refractivity contribution is 7.92. The molecule has 0 bridgehead atoms. The molecule has 0 unspecified atom stereocenters. The molecule has 2 aromatic rings. The number of likely N-dealkylation sites (tertiary alicyclic amines) is 1. The molecule has 9 heteroatoms. The average Bonchev–Trinajstić information content (AvgIpc) is 3.13. The van der Waals surface area contributed by atoms with Crippen molar-refractivity contribution in [1.82, 2.24) is 15.1 Å². The van der Waals surface area contributed by atoms with E-state index in [2.05, 4.69) is 5.32 Å². The summed E-state index contributed by atoms with van der Waals surface area (Å²) < 4.78 is 26.4. The van der Waals surface area contributed by atoms with Crippen molar-refractivity contribution in [3.8, 4) is 0 Å². The molecule has 1 N–H and O–H groups in total. The minimum atomic E-state index is -3.39. The van der Waals surface area contributed by atoms with Gasteiger partial charge in [-0.3, -0.25) is 13.9 Å². The van der Waals surface area contributed by atoms with Crippen molar-refractivity contribution < 1.29 is 18.0 Å².